The third kappa shape index (κ3) is 4.56. The molecule has 0 aromatic heterocycles. The van der Waals surface area contributed by atoms with Crippen molar-refractivity contribution in [1.82, 2.24) is 4.90 Å². The van der Waals surface area contributed by atoms with Crippen molar-refractivity contribution >= 4 is 46.3 Å². The molecule has 7 heteroatoms. The first-order chi connectivity index (χ1) is 10.9. The van der Waals surface area contributed by atoms with E-state index in [4.69, 9.17) is 21.7 Å². The minimum Gasteiger partial charge on any atom is -0.497 e. The maximum absolute atomic E-state index is 12.4. The molecule has 0 spiro atoms. The summed E-state index contributed by atoms with van der Waals surface area (Å²) >= 11 is 6.36. The Labute approximate surface area is 144 Å². The lowest BCUT2D eigenvalue weighted by atomic mass is 10.2. The molecule has 1 aliphatic heterocycles. The number of thiocarbonyl (C=S) groups is 1. The summed E-state index contributed by atoms with van der Waals surface area (Å²) in [6.07, 6.45) is 1.50. The normalized spacial score (nSPS) is 16.3. The van der Waals surface area contributed by atoms with E-state index in [-0.39, 0.29) is 18.6 Å². The maximum atomic E-state index is 12.4. The van der Waals surface area contributed by atoms with Gasteiger partial charge in [-0.3, -0.25) is 14.5 Å². The molecule has 0 N–H and O–H groups in total. The fraction of sp³-hybridized carbons (Fsp3) is 0.312. The van der Waals surface area contributed by atoms with E-state index < -0.39 is 5.97 Å². The van der Waals surface area contributed by atoms with Gasteiger partial charge >= 0.3 is 5.97 Å². The van der Waals surface area contributed by atoms with Gasteiger partial charge in [-0.15, -0.1) is 0 Å². The van der Waals surface area contributed by atoms with Crippen LogP contribution < -0.4 is 4.74 Å². The van der Waals surface area contributed by atoms with Crippen molar-refractivity contribution in [2.75, 3.05) is 13.7 Å². The number of hydrogen-bond donors (Lipinski definition) is 0. The standard InChI is InChI=1S/C16H17NO4S2/c1-10(2)21-14(18)9-17-15(19)13(23-16(17)22)8-11-5-4-6-12(7-11)20-3/h4-8,10H,9H2,1-3H3. The van der Waals surface area contributed by atoms with Crippen molar-refractivity contribution in [3.8, 4) is 5.75 Å². The molecular weight excluding hydrogens is 334 g/mol. The number of benzene rings is 1. The van der Waals surface area contributed by atoms with Gasteiger partial charge in [0.25, 0.3) is 5.91 Å². The molecule has 1 fully saturated rings. The molecule has 23 heavy (non-hydrogen) atoms. The van der Waals surface area contributed by atoms with E-state index in [1.807, 2.05) is 24.3 Å². The molecular formula is C16H17NO4S2. The Kier molecular flexibility index (Phi) is 5.79. The van der Waals surface area contributed by atoms with E-state index in [0.717, 1.165) is 5.56 Å². The number of rotatable bonds is 5. The van der Waals surface area contributed by atoms with Crippen LogP contribution >= 0.6 is 24.0 Å². The smallest absolute Gasteiger partial charge is 0.326 e. The quantitative estimate of drug-likeness (QED) is 0.462. The number of thioether (sulfide) groups is 1. The number of ether oxygens (including phenoxy) is 2. The molecule has 0 radical (unpaired) electrons. The highest BCUT2D eigenvalue weighted by atomic mass is 32.2. The molecule has 1 aromatic rings. The Bertz CT molecular complexity index is 670. The molecule has 1 amide bonds. The first-order valence-electron chi connectivity index (χ1n) is 6.99. The van der Waals surface area contributed by atoms with Gasteiger partial charge in [0.15, 0.2) is 0 Å². The van der Waals surface area contributed by atoms with Gasteiger partial charge < -0.3 is 9.47 Å². The zero-order chi connectivity index (χ0) is 17.0. The monoisotopic (exact) mass is 351 g/mol. The third-order valence-electron chi connectivity index (χ3n) is 2.92. The maximum Gasteiger partial charge on any atom is 0.326 e. The summed E-state index contributed by atoms with van der Waals surface area (Å²) < 4.78 is 10.6. The number of esters is 1. The Hall–Kier alpha value is -1.86. The minimum absolute atomic E-state index is 0.168. The lowest BCUT2D eigenvalue weighted by Crippen LogP contribution is -2.35. The van der Waals surface area contributed by atoms with Crippen LogP contribution in [0.25, 0.3) is 6.08 Å². The zero-order valence-electron chi connectivity index (χ0n) is 13.1. The lowest BCUT2D eigenvalue weighted by molar-refractivity contribution is -0.149. The van der Waals surface area contributed by atoms with Crippen LogP contribution in [0.5, 0.6) is 5.75 Å². The molecule has 1 saturated heterocycles. The van der Waals surface area contributed by atoms with E-state index in [1.165, 1.54) is 16.7 Å². The van der Waals surface area contributed by atoms with E-state index in [1.54, 1.807) is 27.0 Å². The number of amides is 1. The number of hydrogen-bond acceptors (Lipinski definition) is 6. The van der Waals surface area contributed by atoms with Gasteiger partial charge in [0.2, 0.25) is 0 Å². The van der Waals surface area contributed by atoms with Crippen LogP contribution in [-0.2, 0) is 14.3 Å². The van der Waals surface area contributed by atoms with Crippen molar-refractivity contribution < 1.29 is 19.1 Å². The van der Waals surface area contributed by atoms with E-state index in [2.05, 4.69) is 0 Å². The summed E-state index contributed by atoms with van der Waals surface area (Å²) in [5.41, 5.74) is 0.828. The molecule has 1 aromatic carbocycles. The topological polar surface area (TPSA) is 55.8 Å². The van der Waals surface area contributed by atoms with Crippen molar-refractivity contribution in [2.45, 2.75) is 20.0 Å². The Morgan fingerprint density at radius 3 is 2.83 bits per heavy atom. The zero-order valence-corrected chi connectivity index (χ0v) is 14.7. The Morgan fingerprint density at radius 2 is 2.17 bits per heavy atom. The molecule has 0 atom stereocenters. The number of methoxy groups -OCH3 is 1. The van der Waals surface area contributed by atoms with Crippen LogP contribution in [0.2, 0.25) is 0 Å². The van der Waals surface area contributed by atoms with Crippen molar-refractivity contribution in [2.24, 2.45) is 0 Å². The van der Waals surface area contributed by atoms with Crippen LogP contribution in [0.1, 0.15) is 19.4 Å². The number of nitrogens with zero attached hydrogens (tertiary/aromatic N) is 1. The second-order valence-corrected chi connectivity index (χ2v) is 6.76. The van der Waals surface area contributed by atoms with Gasteiger partial charge in [0.1, 0.15) is 16.6 Å². The van der Waals surface area contributed by atoms with Crippen molar-refractivity contribution in [1.29, 1.82) is 0 Å². The summed E-state index contributed by atoms with van der Waals surface area (Å²) in [5, 5.41) is 0. The Balaban J connectivity index is 2.14. The third-order valence-corrected chi connectivity index (χ3v) is 4.30. The van der Waals surface area contributed by atoms with Crippen molar-refractivity contribution in [3.63, 3.8) is 0 Å². The predicted molar refractivity (Wildman–Crippen MR) is 94.1 cm³/mol. The summed E-state index contributed by atoms with van der Waals surface area (Å²) in [7, 11) is 1.58. The SMILES string of the molecule is COc1cccc(C=C2SC(=S)N(CC(=O)OC(C)C)C2=O)c1. The van der Waals surface area contributed by atoms with Gasteiger partial charge in [0, 0.05) is 0 Å². The number of carbonyl (C=O) groups is 2. The predicted octanol–water partition coefficient (Wildman–Crippen LogP) is 2.85. The molecule has 1 aliphatic rings. The second-order valence-electron chi connectivity index (χ2n) is 5.08. The van der Waals surface area contributed by atoms with Crippen LogP contribution in [0.15, 0.2) is 29.2 Å². The summed E-state index contributed by atoms with van der Waals surface area (Å²) in [6.45, 7) is 3.34. The first kappa shape index (κ1) is 17.5. The average Bonchev–Trinajstić information content (AvgIpc) is 2.74. The summed E-state index contributed by atoms with van der Waals surface area (Å²) in [5.74, 6) is -0.0582. The summed E-state index contributed by atoms with van der Waals surface area (Å²) in [4.78, 5) is 25.9. The Morgan fingerprint density at radius 1 is 1.43 bits per heavy atom. The van der Waals surface area contributed by atoms with Gasteiger partial charge in [0.05, 0.1) is 18.1 Å². The number of carbonyl (C=O) groups excluding carboxylic acids is 2. The lowest BCUT2D eigenvalue weighted by Gasteiger charge is -2.14. The van der Waals surface area contributed by atoms with Crippen LogP contribution in [0.3, 0.4) is 0 Å². The second kappa shape index (κ2) is 7.61. The fourth-order valence-corrected chi connectivity index (χ4v) is 3.20. The van der Waals surface area contributed by atoms with Crippen molar-refractivity contribution in [3.05, 3.63) is 34.7 Å². The van der Waals surface area contributed by atoms with E-state index in [0.29, 0.717) is 15.0 Å². The van der Waals surface area contributed by atoms with Crippen LogP contribution in [0.4, 0.5) is 0 Å². The molecule has 5 nitrogen and oxygen atoms in total. The van der Waals surface area contributed by atoms with E-state index >= 15 is 0 Å². The van der Waals surface area contributed by atoms with Gasteiger partial charge in [-0.2, -0.15) is 0 Å². The highest BCUT2D eigenvalue weighted by Crippen LogP contribution is 2.32. The van der Waals surface area contributed by atoms with Crippen LogP contribution in [-0.4, -0.2) is 40.9 Å². The molecule has 1 heterocycles. The van der Waals surface area contributed by atoms with Gasteiger partial charge in [-0.25, -0.2) is 0 Å². The molecule has 0 aliphatic carbocycles. The molecule has 2 rings (SSSR count). The average molecular weight is 351 g/mol. The first-order valence-corrected chi connectivity index (χ1v) is 8.22. The highest BCUT2D eigenvalue weighted by Gasteiger charge is 2.33. The summed E-state index contributed by atoms with van der Waals surface area (Å²) in [6, 6.07) is 7.34. The van der Waals surface area contributed by atoms with Crippen LogP contribution in [0, 0.1) is 0 Å². The molecule has 0 unspecified atom stereocenters. The van der Waals surface area contributed by atoms with Gasteiger partial charge in [-0.1, -0.05) is 36.1 Å². The van der Waals surface area contributed by atoms with Gasteiger partial charge in [-0.05, 0) is 37.6 Å². The largest absolute Gasteiger partial charge is 0.497 e. The molecule has 122 valence electrons. The minimum atomic E-state index is -0.473. The molecule has 0 bridgehead atoms. The molecule has 0 saturated carbocycles. The van der Waals surface area contributed by atoms with E-state index in [9.17, 15) is 9.59 Å². The highest BCUT2D eigenvalue weighted by molar-refractivity contribution is 8.26. The fourth-order valence-electron chi connectivity index (χ4n) is 1.95.